The molecule has 146 valence electrons. The zero-order chi connectivity index (χ0) is 20.4. The number of amides is 1. The van der Waals surface area contributed by atoms with Gasteiger partial charge < -0.3 is 5.32 Å². The molecular formula is C19H22F2N2O3S. The average Bonchev–Trinajstić information content (AvgIpc) is 2.56. The van der Waals surface area contributed by atoms with Crippen LogP contribution in [-0.2, 0) is 20.2 Å². The Kier molecular flexibility index (Phi) is 6.01. The van der Waals surface area contributed by atoms with E-state index in [1.54, 1.807) is 12.1 Å². The largest absolute Gasteiger partial charge is 0.322 e. The predicted molar refractivity (Wildman–Crippen MR) is 99.9 cm³/mol. The van der Waals surface area contributed by atoms with Crippen LogP contribution in [0.4, 0.5) is 14.5 Å². The minimum atomic E-state index is -3.94. The van der Waals surface area contributed by atoms with Crippen LogP contribution in [0.3, 0.4) is 0 Å². The van der Waals surface area contributed by atoms with Gasteiger partial charge in [0.05, 0.1) is 16.6 Å². The van der Waals surface area contributed by atoms with Gasteiger partial charge in [-0.3, -0.25) is 4.79 Å². The summed E-state index contributed by atoms with van der Waals surface area (Å²) in [7, 11) is -3.94. The first-order valence-electron chi connectivity index (χ1n) is 8.29. The molecule has 2 aromatic carbocycles. The predicted octanol–water partition coefficient (Wildman–Crippen LogP) is 3.57. The van der Waals surface area contributed by atoms with Gasteiger partial charge in [-0.25, -0.2) is 17.2 Å². The number of benzene rings is 2. The Balaban J connectivity index is 2.10. The second-order valence-corrected chi connectivity index (χ2v) is 8.94. The first kappa shape index (κ1) is 21.0. The van der Waals surface area contributed by atoms with E-state index in [2.05, 4.69) is 10.0 Å². The van der Waals surface area contributed by atoms with Crippen molar-refractivity contribution in [1.82, 2.24) is 4.72 Å². The summed E-state index contributed by atoms with van der Waals surface area (Å²) in [6.45, 7) is 7.36. The van der Waals surface area contributed by atoms with Crippen LogP contribution in [0.5, 0.6) is 0 Å². The number of sulfonamides is 1. The summed E-state index contributed by atoms with van der Waals surface area (Å²) >= 11 is 0. The van der Waals surface area contributed by atoms with Gasteiger partial charge in [0, 0.05) is 6.07 Å². The van der Waals surface area contributed by atoms with Crippen molar-refractivity contribution in [2.24, 2.45) is 0 Å². The lowest BCUT2D eigenvalue weighted by Crippen LogP contribution is -2.41. The minimum Gasteiger partial charge on any atom is -0.322 e. The summed E-state index contributed by atoms with van der Waals surface area (Å²) in [5.74, 6) is -2.50. The lowest BCUT2D eigenvalue weighted by Gasteiger charge is -2.19. The smallest absolute Gasteiger partial charge is 0.242 e. The van der Waals surface area contributed by atoms with Crippen molar-refractivity contribution in [2.75, 3.05) is 5.32 Å². The Bertz CT molecular complexity index is 936. The Labute approximate surface area is 157 Å². The fourth-order valence-electron chi connectivity index (χ4n) is 2.32. The summed E-state index contributed by atoms with van der Waals surface area (Å²) in [5, 5.41) is 2.23. The molecule has 27 heavy (non-hydrogen) atoms. The van der Waals surface area contributed by atoms with Crippen molar-refractivity contribution < 1.29 is 22.0 Å². The molecule has 0 aliphatic heterocycles. The summed E-state index contributed by atoms with van der Waals surface area (Å²) in [6, 6.07) is 7.88. The van der Waals surface area contributed by atoms with Crippen molar-refractivity contribution in [3.63, 3.8) is 0 Å². The maximum Gasteiger partial charge on any atom is 0.242 e. The highest BCUT2D eigenvalue weighted by Gasteiger charge is 2.23. The van der Waals surface area contributed by atoms with Crippen molar-refractivity contribution >= 4 is 21.6 Å². The second-order valence-electron chi connectivity index (χ2n) is 7.23. The van der Waals surface area contributed by atoms with Crippen LogP contribution < -0.4 is 10.0 Å². The molecule has 0 aliphatic rings. The summed E-state index contributed by atoms with van der Waals surface area (Å²) in [4.78, 5) is 12.2. The standard InChI is InChI=1S/C19H22F2N2O3S/c1-12(18(24)22-17-10-7-14(20)11-16(17)21)23-27(25,26)15-8-5-13(6-9-15)19(2,3)4/h5-12,23H,1-4H3,(H,22,24)/t12-/m0/s1. The zero-order valence-corrected chi connectivity index (χ0v) is 16.3. The molecule has 0 fully saturated rings. The monoisotopic (exact) mass is 396 g/mol. The van der Waals surface area contributed by atoms with Crippen molar-refractivity contribution in [2.45, 2.75) is 44.0 Å². The van der Waals surface area contributed by atoms with Gasteiger partial charge in [-0.15, -0.1) is 0 Å². The highest BCUT2D eigenvalue weighted by Crippen LogP contribution is 2.23. The minimum absolute atomic E-state index is 0.0168. The van der Waals surface area contributed by atoms with E-state index in [4.69, 9.17) is 0 Å². The molecule has 1 amide bonds. The van der Waals surface area contributed by atoms with Gasteiger partial charge in [0.2, 0.25) is 15.9 Å². The molecule has 0 unspecified atom stereocenters. The number of nitrogens with one attached hydrogen (secondary N) is 2. The van der Waals surface area contributed by atoms with E-state index in [9.17, 15) is 22.0 Å². The molecule has 0 heterocycles. The number of carbonyl (C=O) groups excluding carboxylic acids is 1. The number of hydrogen-bond acceptors (Lipinski definition) is 3. The van der Waals surface area contributed by atoms with Crippen LogP contribution in [0, 0.1) is 11.6 Å². The lowest BCUT2D eigenvalue weighted by atomic mass is 9.87. The quantitative estimate of drug-likeness (QED) is 0.811. The highest BCUT2D eigenvalue weighted by atomic mass is 32.2. The Morgan fingerprint density at radius 2 is 1.63 bits per heavy atom. The molecule has 5 nitrogen and oxygen atoms in total. The van der Waals surface area contributed by atoms with Crippen molar-refractivity contribution in [3.8, 4) is 0 Å². The van der Waals surface area contributed by atoms with Crippen LogP contribution in [0.2, 0.25) is 0 Å². The maximum absolute atomic E-state index is 13.6. The first-order valence-corrected chi connectivity index (χ1v) is 9.77. The third-order valence-electron chi connectivity index (χ3n) is 3.94. The third-order valence-corrected chi connectivity index (χ3v) is 5.50. The zero-order valence-electron chi connectivity index (χ0n) is 15.5. The third kappa shape index (κ3) is 5.33. The van der Waals surface area contributed by atoms with E-state index in [-0.39, 0.29) is 16.0 Å². The molecule has 0 bridgehead atoms. The van der Waals surface area contributed by atoms with E-state index in [0.29, 0.717) is 6.07 Å². The number of carbonyl (C=O) groups is 1. The molecule has 0 spiro atoms. The van der Waals surface area contributed by atoms with Crippen molar-refractivity contribution in [3.05, 3.63) is 59.7 Å². The topological polar surface area (TPSA) is 75.3 Å². The normalized spacial score (nSPS) is 13.3. The van der Waals surface area contributed by atoms with E-state index in [1.807, 2.05) is 20.8 Å². The Morgan fingerprint density at radius 3 is 2.15 bits per heavy atom. The van der Waals surface area contributed by atoms with E-state index >= 15 is 0 Å². The van der Waals surface area contributed by atoms with E-state index < -0.39 is 33.6 Å². The fraction of sp³-hybridized carbons (Fsp3) is 0.316. The van der Waals surface area contributed by atoms with Gasteiger partial charge >= 0.3 is 0 Å². The summed E-state index contributed by atoms with van der Waals surface area (Å²) < 4.78 is 53.7. The molecule has 2 N–H and O–H groups in total. The van der Waals surface area contributed by atoms with Gasteiger partial charge in [-0.05, 0) is 42.2 Å². The number of halogens is 2. The first-order chi connectivity index (χ1) is 12.4. The van der Waals surface area contributed by atoms with Crippen molar-refractivity contribution in [1.29, 1.82) is 0 Å². The van der Waals surface area contributed by atoms with Gasteiger partial charge in [0.25, 0.3) is 0 Å². The van der Waals surface area contributed by atoms with Crippen LogP contribution >= 0.6 is 0 Å². The molecule has 0 saturated carbocycles. The molecule has 2 rings (SSSR count). The number of rotatable bonds is 5. The molecule has 8 heteroatoms. The Hall–Kier alpha value is -2.32. The molecule has 0 saturated heterocycles. The lowest BCUT2D eigenvalue weighted by molar-refractivity contribution is -0.117. The van der Waals surface area contributed by atoms with E-state index in [0.717, 1.165) is 17.7 Å². The van der Waals surface area contributed by atoms with Gasteiger partial charge in [-0.2, -0.15) is 4.72 Å². The van der Waals surface area contributed by atoms with Gasteiger partial charge in [0.15, 0.2) is 0 Å². The Morgan fingerprint density at radius 1 is 1.04 bits per heavy atom. The second kappa shape index (κ2) is 7.74. The molecule has 0 aliphatic carbocycles. The van der Waals surface area contributed by atoms with Crippen LogP contribution in [0.1, 0.15) is 33.3 Å². The molecule has 0 aromatic heterocycles. The highest BCUT2D eigenvalue weighted by molar-refractivity contribution is 7.89. The molecule has 2 aromatic rings. The number of hydrogen-bond donors (Lipinski definition) is 2. The SMILES string of the molecule is C[C@H](NS(=O)(=O)c1ccc(C(C)(C)C)cc1)C(=O)Nc1ccc(F)cc1F. The summed E-state index contributed by atoms with van der Waals surface area (Å²) in [6.07, 6.45) is 0. The van der Waals surface area contributed by atoms with Crippen LogP contribution in [0.25, 0.3) is 0 Å². The van der Waals surface area contributed by atoms with Gasteiger partial charge in [0.1, 0.15) is 11.6 Å². The fourth-order valence-corrected chi connectivity index (χ4v) is 3.52. The molecule has 0 radical (unpaired) electrons. The van der Waals surface area contributed by atoms with Crippen LogP contribution in [0.15, 0.2) is 47.4 Å². The maximum atomic E-state index is 13.6. The van der Waals surface area contributed by atoms with Gasteiger partial charge in [-0.1, -0.05) is 32.9 Å². The summed E-state index contributed by atoms with van der Waals surface area (Å²) in [5.41, 5.74) is 0.614. The van der Waals surface area contributed by atoms with E-state index in [1.165, 1.54) is 19.1 Å². The van der Waals surface area contributed by atoms with Crippen LogP contribution in [-0.4, -0.2) is 20.4 Å². The molecular weight excluding hydrogens is 374 g/mol. The average molecular weight is 396 g/mol. The number of anilines is 1. The molecule has 1 atom stereocenters.